The van der Waals surface area contributed by atoms with E-state index in [0.717, 1.165) is 63.3 Å². The van der Waals surface area contributed by atoms with Crippen molar-refractivity contribution in [3.8, 4) is 33.6 Å². The number of rotatable bonds is 6. The zero-order valence-electron chi connectivity index (χ0n) is 17.5. The average Bonchev–Trinajstić information content (AvgIpc) is 3.47. The van der Waals surface area contributed by atoms with E-state index in [1.165, 1.54) is 0 Å². The van der Waals surface area contributed by atoms with Crippen molar-refractivity contribution in [3.63, 3.8) is 0 Å². The first-order valence-corrected chi connectivity index (χ1v) is 10.3. The van der Waals surface area contributed by atoms with Crippen LogP contribution in [0, 0.1) is 6.92 Å². The van der Waals surface area contributed by atoms with Crippen molar-refractivity contribution in [2.45, 2.75) is 13.5 Å². The molecular weight excluding hydrogens is 386 g/mol. The maximum atomic E-state index is 4.66. The average molecular weight is 409 g/mol. The molecule has 0 aliphatic heterocycles. The quantitative estimate of drug-likeness (QED) is 0.441. The second-order valence-corrected chi connectivity index (χ2v) is 7.54. The van der Waals surface area contributed by atoms with Crippen LogP contribution in [-0.4, -0.2) is 43.5 Å². The fourth-order valence-corrected chi connectivity index (χ4v) is 3.70. The SMILES string of the molecule is CNCCn1cc(-c2cnc3ccc(-c4c[nH]nc4-c4cccc(C)n4)cc3c2)cn1. The molecule has 0 fully saturated rings. The van der Waals surface area contributed by atoms with Gasteiger partial charge in [-0.2, -0.15) is 10.2 Å². The Labute approximate surface area is 180 Å². The molecule has 7 nitrogen and oxygen atoms in total. The van der Waals surface area contributed by atoms with Crippen LogP contribution in [0.5, 0.6) is 0 Å². The van der Waals surface area contributed by atoms with Gasteiger partial charge in [0.25, 0.3) is 0 Å². The number of pyridine rings is 2. The van der Waals surface area contributed by atoms with Gasteiger partial charge in [0.2, 0.25) is 0 Å². The van der Waals surface area contributed by atoms with E-state index in [2.05, 4.69) is 55.0 Å². The number of hydrogen-bond acceptors (Lipinski definition) is 5. The van der Waals surface area contributed by atoms with Crippen LogP contribution in [0.15, 0.2) is 67.3 Å². The third-order valence-corrected chi connectivity index (χ3v) is 5.32. The molecule has 0 saturated heterocycles. The lowest BCUT2D eigenvalue weighted by Crippen LogP contribution is -2.14. The number of aryl methyl sites for hydroxylation is 1. The molecule has 31 heavy (non-hydrogen) atoms. The van der Waals surface area contributed by atoms with E-state index in [9.17, 15) is 0 Å². The maximum Gasteiger partial charge on any atom is 0.118 e. The summed E-state index contributed by atoms with van der Waals surface area (Å²) in [6, 6.07) is 14.4. The van der Waals surface area contributed by atoms with Gasteiger partial charge in [-0.15, -0.1) is 0 Å². The zero-order valence-corrected chi connectivity index (χ0v) is 17.5. The van der Waals surface area contributed by atoms with Crippen LogP contribution in [-0.2, 0) is 6.54 Å². The van der Waals surface area contributed by atoms with Crippen molar-refractivity contribution >= 4 is 10.9 Å². The van der Waals surface area contributed by atoms with Crippen molar-refractivity contribution in [2.24, 2.45) is 0 Å². The molecule has 5 rings (SSSR count). The summed E-state index contributed by atoms with van der Waals surface area (Å²) in [6.45, 7) is 3.70. The summed E-state index contributed by atoms with van der Waals surface area (Å²) >= 11 is 0. The normalized spacial score (nSPS) is 11.3. The molecular formula is C24H23N7. The fourth-order valence-electron chi connectivity index (χ4n) is 3.70. The summed E-state index contributed by atoms with van der Waals surface area (Å²) in [5.41, 5.74) is 7.82. The van der Waals surface area contributed by atoms with Crippen LogP contribution >= 0.6 is 0 Å². The fraction of sp³-hybridized carbons (Fsp3) is 0.167. The summed E-state index contributed by atoms with van der Waals surface area (Å²) in [5.74, 6) is 0. The second kappa shape index (κ2) is 8.12. The summed E-state index contributed by atoms with van der Waals surface area (Å²) in [5, 5.41) is 16.1. The van der Waals surface area contributed by atoms with Gasteiger partial charge in [-0.1, -0.05) is 12.1 Å². The van der Waals surface area contributed by atoms with Gasteiger partial charge in [-0.25, -0.2) is 0 Å². The monoisotopic (exact) mass is 409 g/mol. The lowest BCUT2D eigenvalue weighted by molar-refractivity contribution is 0.585. The smallest absolute Gasteiger partial charge is 0.118 e. The van der Waals surface area contributed by atoms with E-state index in [1.54, 1.807) is 0 Å². The number of fused-ring (bicyclic) bond motifs is 1. The highest BCUT2D eigenvalue weighted by molar-refractivity contribution is 5.90. The molecule has 0 spiro atoms. The number of hydrogen-bond donors (Lipinski definition) is 2. The number of aromatic nitrogens is 6. The molecule has 0 bridgehead atoms. The number of likely N-dealkylation sites (N-methyl/N-ethyl adjacent to an activating group) is 1. The standard InChI is InChI=1S/C24H23N7/c1-16-4-3-5-23(29-16)24-21(14-27-30-24)17-6-7-22-18(10-17)11-19(12-26-22)20-13-28-31(15-20)9-8-25-2/h3-7,10-15,25H,8-9H2,1-2H3,(H,27,30). The molecule has 4 aromatic heterocycles. The number of aromatic amines is 1. The largest absolute Gasteiger partial charge is 0.318 e. The Kier molecular flexibility index (Phi) is 5.01. The van der Waals surface area contributed by atoms with E-state index in [1.807, 2.05) is 61.5 Å². The molecule has 4 heterocycles. The Bertz CT molecular complexity index is 1350. The minimum absolute atomic E-state index is 0.831. The van der Waals surface area contributed by atoms with Crippen molar-refractivity contribution < 1.29 is 0 Å². The molecule has 154 valence electrons. The lowest BCUT2D eigenvalue weighted by Gasteiger charge is -2.06. The van der Waals surface area contributed by atoms with E-state index in [4.69, 9.17) is 0 Å². The van der Waals surface area contributed by atoms with Gasteiger partial charge >= 0.3 is 0 Å². The van der Waals surface area contributed by atoms with E-state index in [0.29, 0.717) is 0 Å². The van der Waals surface area contributed by atoms with Crippen molar-refractivity contribution in [2.75, 3.05) is 13.6 Å². The summed E-state index contributed by atoms with van der Waals surface area (Å²) < 4.78 is 1.94. The Morgan fingerprint density at radius 3 is 2.81 bits per heavy atom. The maximum absolute atomic E-state index is 4.66. The molecule has 0 radical (unpaired) electrons. The van der Waals surface area contributed by atoms with Gasteiger partial charge in [0.15, 0.2) is 0 Å². The summed E-state index contributed by atoms with van der Waals surface area (Å²) in [4.78, 5) is 9.29. The molecule has 7 heteroatoms. The summed E-state index contributed by atoms with van der Waals surface area (Å²) in [6.07, 6.45) is 7.77. The second-order valence-electron chi connectivity index (χ2n) is 7.54. The van der Waals surface area contributed by atoms with Crippen LogP contribution in [0.4, 0.5) is 0 Å². The van der Waals surface area contributed by atoms with Crippen molar-refractivity contribution in [1.29, 1.82) is 0 Å². The van der Waals surface area contributed by atoms with Gasteiger partial charge < -0.3 is 5.32 Å². The lowest BCUT2D eigenvalue weighted by atomic mass is 10.0. The molecule has 1 aromatic carbocycles. The Morgan fingerprint density at radius 2 is 1.94 bits per heavy atom. The topological polar surface area (TPSA) is 84.3 Å². The van der Waals surface area contributed by atoms with Crippen LogP contribution in [0.2, 0.25) is 0 Å². The molecule has 0 unspecified atom stereocenters. The summed E-state index contributed by atoms with van der Waals surface area (Å²) in [7, 11) is 1.94. The number of H-pyrrole nitrogens is 1. The van der Waals surface area contributed by atoms with E-state index < -0.39 is 0 Å². The third kappa shape index (κ3) is 3.83. The highest BCUT2D eigenvalue weighted by atomic mass is 15.3. The predicted molar refractivity (Wildman–Crippen MR) is 122 cm³/mol. The van der Waals surface area contributed by atoms with E-state index >= 15 is 0 Å². The Balaban J connectivity index is 1.52. The van der Waals surface area contributed by atoms with Crippen LogP contribution in [0.25, 0.3) is 44.5 Å². The molecule has 0 atom stereocenters. The number of nitrogens with zero attached hydrogens (tertiary/aromatic N) is 5. The third-order valence-electron chi connectivity index (χ3n) is 5.32. The van der Waals surface area contributed by atoms with Crippen LogP contribution < -0.4 is 5.32 Å². The van der Waals surface area contributed by atoms with Gasteiger partial charge in [-0.3, -0.25) is 19.7 Å². The number of benzene rings is 1. The predicted octanol–water partition coefficient (Wildman–Crippen LogP) is 4.08. The molecule has 0 saturated carbocycles. The van der Waals surface area contributed by atoms with Gasteiger partial charge in [0.1, 0.15) is 5.69 Å². The Hall–Kier alpha value is -3.84. The minimum Gasteiger partial charge on any atom is -0.318 e. The van der Waals surface area contributed by atoms with Gasteiger partial charge in [-0.05, 0) is 49.9 Å². The zero-order chi connectivity index (χ0) is 21.2. The van der Waals surface area contributed by atoms with Crippen molar-refractivity contribution in [3.05, 3.63) is 72.9 Å². The van der Waals surface area contributed by atoms with Crippen LogP contribution in [0.1, 0.15) is 5.69 Å². The van der Waals surface area contributed by atoms with Gasteiger partial charge in [0.05, 0.1) is 24.0 Å². The van der Waals surface area contributed by atoms with Crippen LogP contribution in [0.3, 0.4) is 0 Å². The molecule has 2 N–H and O–H groups in total. The number of nitrogens with one attached hydrogen (secondary N) is 2. The first-order valence-electron chi connectivity index (χ1n) is 10.3. The molecule has 0 amide bonds. The minimum atomic E-state index is 0.831. The molecule has 5 aromatic rings. The van der Waals surface area contributed by atoms with E-state index in [-0.39, 0.29) is 0 Å². The van der Waals surface area contributed by atoms with Gasteiger partial charge in [0, 0.05) is 52.9 Å². The molecule has 0 aliphatic rings. The highest BCUT2D eigenvalue weighted by Gasteiger charge is 2.13. The van der Waals surface area contributed by atoms with Crippen molar-refractivity contribution in [1.82, 2.24) is 35.3 Å². The highest BCUT2D eigenvalue weighted by Crippen LogP contribution is 2.32. The first-order chi connectivity index (χ1) is 15.2. The first kappa shape index (κ1) is 19.1. The Morgan fingerprint density at radius 1 is 1.03 bits per heavy atom. The molecule has 0 aliphatic carbocycles.